The average Bonchev–Trinajstić information content (AvgIpc) is 3.19. The van der Waals surface area contributed by atoms with Gasteiger partial charge in [0.25, 0.3) is 5.91 Å². The van der Waals surface area contributed by atoms with Crippen LogP contribution < -0.4 is 10.6 Å². The second kappa shape index (κ2) is 7.80. The van der Waals surface area contributed by atoms with Crippen molar-refractivity contribution >= 4 is 23.3 Å². The fourth-order valence-corrected chi connectivity index (χ4v) is 3.36. The lowest BCUT2D eigenvalue weighted by Crippen LogP contribution is -2.31. The molecule has 3 aromatic rings. The summed E-state index contributed by atoms with van der Waals surface area (Å²) < 4.78 is 38.7. The third kappa shape index (κ3) is 4.02. The minimum atomic E-state index is -5.06. The zero-order chi connectivity index (χ0) is 23.0. The number of fused-ring (bicyclic) bond motifs is 1. The predicted octanol–water partition coefficient (Wildman–Crippen LogP) is 3.23. The minimum Gasteiger partial charge on any atom is -0.358 e. The van der Waals surface area contributed by atoms with Crippen molar-refractivity contribution in [1.82, 2.24) is 15.1 Å². The molecule has 1 aromatic heterocycles. The average molecular weight is 445 g/mol. The molecule has 2 heterocycles. The maximum absolute atomic E-state index is 12.5. The lowest BCUT2D eigenvalue weighted by molar-refractivity contribution is -0.389. The van der Waals surface area contributed by atoms with E-state index in [1.807, 2.05) is 0 Å². The van der Waals surface area contributed by atoms with E-state index in [0.29, 0.717) is 24.1 Å². The monoisotopic (exact) mass is 445 g/mol. The highest BCUT2D eigenvalue weighted by Crippen LogP contribution is 2.32. The summed E-state index contributed by atoms with van der Waals surface area (Å²) in [5, 5.41) is 20.0. The van der Waals surface area contributed by atoms with Crippen LogP contribution in [0.5, 0.6) is 0 Å². The molecule has 1 aliphatic rings. The highest BCUT2D eigenvalue weighted by molar-refractivity contribution is 5.97. The van der Waals surface area contributed by atoms with Crippen molar-refractivity contribution in [3.63, 3.8) is 0 Å². The van der Waals surface area contributed by atoms with E-state index in [1.165, 1.54) is 30.5 Å². The summed E-state index contributed by atoms with van der Waals surface area (Å²) in [4.78, 5) is 34.0. The van der Waals surface area contributed by atoms with Crippen LogP contribution in [-0.2, 0) is 11.2 Å². The van der Waals surface area contributed by atoms with Crippen molar-refractivity contribution in [2.75, 3.05) is 11.9 Å². The summed E-state index contributed by atoms with van der Waals surface area (Å²) in [5.74, 6) is -2.82. The van der Waals surface area contributed by atoms with E-state index in [-0.39, 0.29) is 22.8 Å². The molecule has 32 heavy (non-hydrogen) atoms. The lowest BCUT2D eigenvalue weighted by Gasteiger charge is -2.16. The number of carbonyl (C=O) groups excluding carboxylic acids is 2. The molecule has 1 aliphatic heterocycles. The molecule has 164 valence electrons. The molecule has 0 saturated carbocycles. The van der Waals surface area contributed by atoms with Gasteiger partial charge in [-0.2, -0.15) is 13.2 Å². The molecule has 9 nitrogen and oxygen atoms in total. The third-order valence-corrected chi connectivity index (χ3v) is 4.83. The van der Waals surface area contributed by atoms with Crippen LogP contribution in [0.15, 0.2) is 48.7 Å². The zero-order valence-electron chi connectivity index (χ0n) is 16.1. The van der Waals surface area contributed by atoms with Crippen LogP contribution in [-0.4, -0.2) is 39.2 Å². The summed E-state index contributed by atoms with van der Waals surface area (Å²) >= 11 is 0. The number of halogens is 3. The number of aromatic nitrogens is 2. The number of carbonyl (C=O) groups is 2. The number of anilines is 1. The number of hydrogen-bond acceptors (Lipinski definition) is 5. The quantitative estimate of drug-likeness (QED) is 0.472. The molecule has 0 spiro atoms. The molecule has 0 aliphatic carbocycles. The van der Waals surface area contributed by atoms with E-state index in [2.05, 4.69) is 10.4 Å². The normalized spacial score (nSPS) is 13.3. The highest BCUT2D eigenvalue weighted by Gasteiger charge is 2.38. The van der Waals surface area contributed by atoms with Crippen LogP contribution in [0.1, 0.15) is 15.9 Å². The van der Waals surface area contributed by atoms with E-state index in [0.717, 1.165) is 10.2 Å². The number of nitrogens with one attached hydrogen (secondary N) is 2. The molecular weight excluding hydrogens is 431 g/mol. The van der Waals surface area contributed by atoms with Gasteiger partial charge in [0, 0.05) is 17.8 Å². The smallest absolute Gasteiger partial charge is 0.358 e. The Hall–Kier alpha value is -4.22. The molecule has 0 fully saturated rings. The Morgan fingerprint density at radius 1 is 1.19 bits per heavy atom. The number of hydrogen-bond donors (Lipinski definition) is 2. The van der Waals surface area contributed by atoms with Gasteiger partial charge in [-0.15, -0.1) is 4.68 Å². The molecule has 2 amide bonds. The summed E-state index contributed by atoms with van der Waals surface area (Å²) in [7, 11) is 0. The minimum absolute atomic E-state index is 0.149. The van der Waals surface area contributed by atoms with Gasteiger partial charge in [-0.1, -0.05) is 12.1 Å². The topological polar surface area (TPSA) is 119 Å². The van der Waals surface area contributed by atoms with Crippen molar-refractivity contribution in [3.8, 4) is 16.8 Å². The molecular formula is C20H14F3N5O4. The van der Waals surface area contributed by atoms with Gasteiger partial charge in [0.15, 0.2) is 0 Å². The van der Waals surface area contributed by atoms with Crippen molar-refractivity contribution in [2.45, 2.75) is 12.6 Å². The van der Waals surface area contributed by atoms with Gasteiger partial charge in [-0.05, 0) is 52.8 Å². The van der Waals surface area contributed by atoms with E-state index >= 15 is 0 Å². The van der Waals surface area contributed by atoms with Gasteiger partial charge in [0.1, 0.15) is 5.56 Å². The molecule has 2 aromatic carbocycles. The standard InChI is InChI=1S/C20H14F3N5O4/c21-20(22,23)19(30)25-13-2-1-3-14(9-13)27-10-16(17(26-27)28(31)32)11-4-5-15-12(8-11)6-7-24-18(15)29/h1-5,8-10H,6-7H2,(H,24,29)(H,25,30). The number of alkyl halides is 3. The molecule has 4 rings (SSSR count). The molecule has 2 N–H and O–H groups in total. The number of rotatable bonds is 4. The van der Waals surface area contributed by atoms with Gasteiger partial charge in [0.2, 0.25) is 0 Å². The number of nitrogens with zero attached hydrogens (tertiary/aromatic N) is 3. The maximum atomic E-state index is 12.5. The van der Waals surface area contributed by atoms with E-state index < -0.39 is 22.8 Å². The molecule has 0 saturated heterocycles. The Labute approximate surface area is 178 Å². The number of amides is 2. The Morgan fingerprint density at radius 3 is 2.69 bits per heavy atom. The Morgan fingerprint density at radius 2 is 1.97 bits per heavy atom. The van der Waals surface area contributed by atoms with Crippen molar-refractivity contribution < 1.29 is 27.7 Å². The molecule has 0 atom stereocenters. The summed E-state index contributed by atoms with van der Waals surface area (Å²) in [6.45, 7) is 0.451. The van der Waals surface area contributed by atoms with Crippen molar-refractivity contribution in [2.24, 2.45) is 0 Å². The van der Waals surface area contributed by atoms with Crippen LogP contribution in [0.4, 0.5) is 24.7 Å². The van der Waals surface area contributed by atoms with Crippen LogP contribution in [0.2, 0.25) is 0 Å². The van der Waals surface area contributed by atoms with Crippen molar-refractivity contribution in [1.29, 1.82) is 0 Å². The first-order chi connectivity index (χ1) is 15.1. The van der Waals surface area contributed by atoms with Crippen LogP contribution in [0.25, 0.3) is 16.8 Å². The number of nitro groups is 1. The van der Waals surface area contributed by atoms with Crippen LogP contribution >= 0.6 is 0 Å². The van der Waals surface area contributed by atoms with Gasteiger partial charge < -0.3 is 20.7 Å². The second-order valence-corrected chi connectivity index (χ2v) is 6.95. The van der Waals surface area contributed by atoms with Gasteiger partial charge in [0.05, 0.1) is 17.0 Å². The SMILES string of the molecule is O=C1NCCc2cc(-c3cn(-c4cccc(NC(=O)C(F)(F)F)c4)nc3[N+](=O)[O-])ccc21. The Bertz CT molecular complexity index is 1250. The first kappa shape index (κ1) is 21.0. The summed E-state index contributed by atoms with van der Waals surface area (Å²) in [6.07, 6.45) is -3.12. The maximum Gasteiger partial charge on any atom is 0.471 e. The van der Waals surface area contributed by atoms with Crippen LogP contribution in [0, 0.1) is 10.1 Å². The first-order valence-electron chi connectivity index (χ1n) is 9.27. The molecule has 0 bridgehead atoms. The van der Waals surface area contributed by atoms with Gasteiger partial charge in [-0.25, -0.2) is 0 Å². The second-order valence-electron chi connectivity index (χ2n) is 6.95. The summed E-state index contributed by atoms with van der Waals surface area (Å²) in [6, 6.07) is 10.1. The van der Waals surface area contributed by atoms with Crippen LogP contribution in [0.3, 0.4) is 0 Å². The first-order valence-corrected chi connectivity index (χ1v) is 9.27. The Kier molecular flexibility index (Phi) is 5.12. The van der Waals surface area contributed by atoms with E-state index in [1.54, 1.807) is 23.5 Å². The summed E-state index contributed by atoms with van der Waals surface area (Å²) in [5.41, 5.74) is 1.93. The fraction of sp³-hybridized carbons (Fsp3) is 0.150. The zero-order valence-corrected chi connectivity index (χ0v) is 16.1. The fourth-order valence-electron chi connectivity index (χ4n) is 3.36. The Balaban J connectivity index is 1.72. The largest absolute Gasteiger partial charge is 0.471 e. The van der Waals surface area contributed by atoms with E-state index in [9.17, 15) is 32.9 Å². The third-order valence-electron chi connectivity index (χ3n) is 4.83. The van der Waals surface area contributed by atoms with Gasteiger partial charge >= 0.3 is 17.9 Å². The molecule has 12 heteroatoms. The predicted molar refractivity (Wildman–Crippen MR) is 106 cm³/mol. The number of benzene rings is 2. The highest BCUT2D eigenvalue weighted by atomic mass is 19.4. The van der Waals surface area contributed by atoms with Gasteiger partial charge in [-0.3, -0.25) is 9.59 Å². The lowest BCUT2D eigenvalue weighted by atomic mass is 9.96. The molecule has 0 radical (unpaired) electrons. The molecule has 0 unspecified atom stereocenters. The van der Waals surface area contributed by atoms with E-state index in [4.69, 9.17) is 0 Å². The van der Waals surface area contributed by atoms with Crippen molar-refractivity contribution in [3.05, 3.63) is 69.9 Å².